The van der Waals surface area contributed by atoms with Crippen molar-refractivity contribution >= 4 is 52.3 Å². The van der Waals surface area contributed by atoms with Gasteiger partial charge in [-0.1, -0.05) is 23.2 Å². The maximum absolute atomic E-state index is 12.7. The SMILES string of the molecule is Cn1cc(NC(=O)c2cccnc2N)c([C@@H]2CCN(C(=O)Nc3cc(Cl)cc(Cl)c3)C2)n1. The van der Waals surface area contributed by atoms with E-state index in [1.165, 1.54) is 6.20 Å². The van der Waals surface area contributed by atoms with Crippen LogP contribution < -0.4 is 16.4 Å². The van der Waals surface area contributed by atoms with E-state index in [9.17, 15) is 9.59 Å². The number of carbonyl (C=O) groups is 2. The van der Waals surface area contributed by atoms with Gasteiger partial charge in [0.2, 0.25) is 0 Å². The fourth-order valence-corrected chi connectivity index (χ4v) is 4.23. The molecule has 166 valence electrons. The first-order chi connectivity index (χ1) is 15.3. The number of benzene rings is 1. The smallest absolute Gasteiger partial charge is 0.321 e. The van der Waals surface area contributed by atoms with Gasteiger partial charge in [0.15, 0.2) is 0 Å². The van der Waals surface area contributed by atoms with E-state index >= 15 is 0 Å². The molecule has 0 aliphatic carbocycles. The van der Waals surface area contributed by atoms with Crippen molar-refractivity contribution in [2.75, 3.05) is 29.5 Å². The number of carbonyl (C=O) groups excluding carboxylic acids is 2. The monoisotopic (exact) mass is 473 g/mol. The van der Waals surface area contributed by atoms with Crippen molar-refractivity contribution in [3.8, 4) is 0 Å². The molecule has 1 aliphatic heterocycles. The highest BCUT2D eigenvalue weighted by Gasteiger charge is 2.31. The number of aromatic nitrogens is 3. The van der Waals surface area contributed by atoms with Crippen LogP contribution in [0.2, 0.25) is 10.0 Å². The van der Waals surface area contributed by atoms with Crippen molar-refractivity contribution in [3.05, 3.63) is 64.0 Å². The van der Waals surface area contributed by atoms with Crippen LogP contribution in [-0.2, 0) is 7.05 Å². The Morgan fingerprint density at radius 1 is 1.19 bits per heavy atom. The molecule has 3 amide bonds. The molecule has 1 aliphatic rings. The van der Waals surface area contributed by atoms with Crippen molar-refractivity contribution in [1.82, 2.24) is 19.7 Å². The minimum absolute atomic E-state index is 0.0357. The van der Waals surface area contributed by atoms with Crippen LogP contribution in [0.15, 0.2) is 42.7 Å². The molecule has 0 spiro atoms. The minimum Gasteiger partial charge on any atom is -0.383 e. The maximum atomic E-state index is 12.7. The van der Waals surface area contributed by atoms with Crippen LogP contribution in [0.1, 0.15) is 28.4 Å². The van der Waals surface area contributed by atoms with Crippen LogP contribution in [0.5, 0.6) is 0 Å². The molecule has 9 nitrogen and oxygen atoms in total. The molecule has 3 heterocycles. The third-order valence-electron chi connectivity index (χ3n) is 5.16. The van der Waals surface area contributed by atoms with Crippen LogP contribution in [0.3, 0.4) is 0 Å². The summed E-state index contributed by atoms with van der Waals surface area (Å²) in [5, 5.41) is 11.1. The third-order valence-corrected chi connectivity index (χ3v) is 5.60. The Hall–Kier alpha value is -3.30. The number of hydrogen-bond donors (Lipinski definition) is 3. The molecule has 11 heteroatoms. The average molecular weight is 474 g/mol. The highest BCUT2D eigenvalue weighted by Crippen LogP contribution is 2.32. The van der Waals surface area contributed by atoms with E-state index in [4.69, 9.17) is 28.9 Å². The van der Waals surface area contributed by atoms with Crippen molar-refractivity contribution < 1.29 is 9.59 Å². The van der Waals surface area contributed by atoms with E-state index < -0.39 is 0 Å². The molecule has 1 fully saturated rings. The summed E-state index contributed by atoms with van der Waals surface area (Å²) >= 11 is 12.0. The number of nitrogens with two attached hydrogens (primary N) is 1. The molecule has 32 heavy (non-hydrogen) atoms. The van der Waals surface area contributed by atoms with E-state index in [-0.39, 0.29) is 29.2 Å². The number of pyridine rings is 1. The summed E-state index contributed by atoms with van der Waals surface area (Å²) in [5.74, 6) is -0.248. The summed E-state index contributed by atoms with van der Waals surface area (Å²) < 4.78 is 1.63. The lowest BCUT2D eigenvalue weighted by atomic mass is 10.0. The fraction of sp³-hybridized carbons (Fsp3) is 0.238. The normalized spacial score (nSPS) is 15.6. The average Bonchev–Trinajstić information content (AvgIpc) is 3.34. The predicted octanol–water partition coefficient (Wildman–Crippen LogP) is 3.98. The molecule has 0 bridgehead atoms. The molecule has 2 aromatic heterocycles. The summed E-state index contributed by atoms with van der Waals surface area (Å²) in [5.41, 5.74) is 7.92. The van der Waals surface area contributed by atoms with Gasteiger partial charge in [0.25, 0.3) is 5.91 Å². The predicted molar refractivity (Wildman–Crippen MR) is 124 cm³/mol. The van der Waals surface area contributed by atoms with Gasteiger partial charge in [-0.15, -0.1) is 0 Å². The lowest BCUT2D eigenvalue weighted by Crippen LogP contribution is -2.32. The van der Waals surface area contributed by atoms with E-state index in [0.717, 1.165) is 0 Å². The van der Waals surface area contributed by atoms with Gasteiger partial charge in [0.1, 0.15) is 5.82 Å². The molecular formula is C21H21Cl2N7O2. The van der Waals surface area contributed by atoms with Crippen molar-refractivity contribution in [3.63, 3.8) is 0 Å². The molecule has 1 aromatic carbocycles. The number of amides is 3. The number of rotatable bonds is 4. The topological polar surface area (TPSA) is 118 Å². The van der Waals surface area contributed by atoms with Crippen LogP contribution in [0.4, 0.5) is 22.0 Å². The molecule has 4 rings (SSSR count). The van der Waals surface area contributed by atoms with Crippen molar-refractivity contribution in [2.24, 2.45) is 7.05 Å². The largest absolute Gasteiger partial charge is 0.383 e. The second kappa shape index (κ2) is 9.05. The Morgan fingerprint density at radius 3 is 2.66 bits per heavy atom. The first kappa shape index (κ1) is 21.9. The van der Waals surface area contributed by atoms with Gasteiger partial charge in [0.05, 0.1) is 16.9 Å². The Kier molecular flexibility index (Phi) is 6.20. The minimum atomic E-state index is -0.365. The molecule has 1 atom stereocenters. The van der Waals surface area contributed by atoms with Crippen LogP contribution >= 0.6 is 23.2 Å². The summed E-state index contributed by atoms with van der Waals surface area (Å²) in [4.78, 5) is 31.0. The zero-order valence-electron chi connectivity index (χ0n) is 17.2. The standard InChI is InChI=1S/C21H21Cl2N7O2/c1-29-11-17(27-20(31)16-3-2-5-25-19(16)24)18(28-29)12-4-6-30(10-12)21(32)26-15-8-13(22)7-14(23)9-15/h2-3,5,7-9,11-12H,4,6,10H2,1H3,(H2,24,25)(H,26,32)(H,27,31)/t12-/m1/s1. The van der Waals surface area contributed by atoms with E-state index in [2.05, 4.69) is 20.7 Å². The molecule has 0 radical (unpaired) electrons. The second-order valence-electron chi connectivity index (χ2n) is 7.51. The zero-order chi connectivity index (χ0) is 22.8. The van der Waals surface area contributed by atoms with Crippen LogP contribution in [-0.4, -0.2) is 44.7 Å². The van der Waals surface area contributed by atoms with Crippen LogP contribution in [0.25, 0.3) is 0 Å². The number of nitrogens with one attached hydrogen (secondary N) is 2. The Labute approximate surface area is 194 Å². The molecule has 0 unspecified atom stereocenters. The number of hydrogen-bond acceptors (Lipinski definition) is 5. The number of nitrogens with zero attached hydrogens (tertiary/aromatic N) is 4. The number of aryl methyl sites for hydroxylation is 1. The number of nitrogen functional groups attached to an aromatic ring is 1. The van der Waals surface area contributed by atoms with Gasteiger partial charge in [-0.05, 0) is 36.8 Å². The first-order valence-corrected chi connectivity index (χ1v) is 10.6. The van der Waals surface area contributed by atoms with E-state index in [1.54, 1.807) is 53.2 Å². The van der Waals surface area contributed by atoms with Gasteiger partial charge >= 0.3 is 6.03 Å². The van der Waals surface area contributed by atoms with Gasteiger partial charge in [-0.3, -0.25) is 9.48 Å². The van der Waals surface area contributed by atoms with Crippen LogP contribution in [0, 0.1) is 0 Å². The number of likely N-dealkylation sites (tertiary alicyclic amines) is 1. The quantitative estimate of drug-likeness (QED) is 0.529. The van der Waals surface area contributed by atoms with Gasteiger partial charge < -0.3 is 21.3 Å². The molecule has 3 aromatic rings. The lowest BCUT2D eigenvalue weighted by Gasteiger charge is -2.17. The highest BCUT2D eigenvalue weighted by atomic mass is 35.5. The number of urea groups is 1. The molecule has 1 saturated heterocycles. The lowest BCUT2D eigenvalue weighted by molar-refractivity contribution is 0.102. The molecule has 0 saturated carbocycles. The Bertz CT molecular complexity index is 1160. The number of anilines is 3. The maximum Gasteiger partial charge on any atom is 0.321 e. The molecular weight excluding hydrogens is 453 g/mol. The van der Waals surface area contributed by atoms with Gasteiger partial charge in [0, 0.05) is 54.2 Å². The molecule has 4 N–H and O–H groups in total. The third kappa shape index (κ3) is 4.79. The van der Waals surface area contributed by atoms with E-state index in [0.29, 0.717) is 46.6 Å². The van der Waals surface area contributed by atoms with Gasteiger partial charge in [-0.2, -0.15) is 5.10 Å². The fourth-order valence-electron chi connectivity index (χ4n) is 3.70. The zero-order valence-corrected chi connectivity index (χ0v) is 18.7. The van der Waals surface area contributed by atoms with Crippen molar-refractivity contribution in [1.29, 1.82) is 0 Å². The number of halogens is 2. The second-order valence-corrected chi connectivity index (χ2v) is 8.38. The van der Waals surface area contributed by atoms with Gasteiger partial charge in [-0.25, -0.2) is 9.78 Å². The summed E-state index contributed by atoms with van der Waals surface area (Å²) in [6, 6.07) is 7.87. The van der Waals surface area contributed by atoms with Crippen molar-refractivity contribution in [2.45, 2.75) is 12.3 Å². The Morgan fingerprint density at radius 2 is 1.94 bits per heavy atom. The summed E-state index contributed by atoms with van der Waals surface area (Å²) in [6.45, 7) is 0.999. The van der Waals surface area contributed by atoms with E-state index in [1.807, 2.05) is 0 Å². The summed E-state index contributed by atoms with van der Waals surface area (Å²) in [6.07, 6.45) is 3.96. The Balaban J connectivity index is 1.45. The highest BCUT2D eigenvalue weighted by molar-refractivity contribution is 6.35. The first-order valence-electron chi connectivity index (χ1n) is 9.87. The summed E-state index contributed by atoms with van der Waals surface area (Å²) in [7, 11) is 1.78.